The van der Waals surface area contributed by atoms with Crippen LogP contribution in [-0.4, -0.2) is 22.0 Å². The molecule has 2 N–H and O–H groups in total. The fourth-order valence-electron chi connectivity index (χ4n) is 1.50. The average Bonchev–Trinajstić information content (AvgIpc) is 2.69. The maximum Gasteiger partial charge on any atom is 0.306 e. The van der Waals surface area contributed by atoms with Crippen molar-refractivity contribution in [2.45, 2.75) is 26.7 Å². The largest absolute Gasteiger partial charge is 0.481 e. The Balaban J connectivity index is 2.39. The van der Waals surface area contributed by atoms with Crippen LogP contribution in [0.2, 0.25) is 0 Å². The van der Waals surface area contributed by atoms with Crippen molar-refractivity contribution in [1.82, 2.24) is 4.98 Å². The summed E-state index contributed by atoms with van der Waals surface area (Å²) in [6.07, 6.45) is 2.16. The lowest BCUT2D eigenvalue weighted by Crippen LogP contribution is -2.22. The number of thiazole rings is 1. The predicted molar refractivity (Wildman–Crippen MR) is 65.9 cm³/mol. The van der Waals surface area contributed by atoms with Gasteiger partial charge in [-0.25, -0.2) is 4.98 Å². The summed E-state index contributed by atoms with van der Waals surface area (Å²) in [6, 6.07) is 0. The van der Waals surface area contributed by atoms with Crippen molar-refractivity contribution in [3.63, 3.8) is 0 Å². The number of carboxylic acid groups (broad SMARTS) is 1. The predicted octanol–water partition coefficient (Wildman–Crippen LogP) is 2.22. The van der Waals surface area contributed by atoms with Gasteiger partial charge in [0.1, 0.15) is 0 Å². The summed E-state index contributed by atoms with van der Waals surface area (Å²) in [5.74, 6) is -1.48. The van der Waals surface area contributed by atoms with Crippen LogP contribution in [0.3, 0.4) is 0 Å². The molecule has 5 nitrogen and oxygen atoms in total. The minimum atomic E-state index is -0.845. The third kappa shape index (κ3) is 4.52. The first-order valence-electron chi connectivity index (χ1n) is 5.43. The molecule has 1 amide bonds. The van der Waals surface area contributed by atoms with Gasteiger partial charge in [0.05, 0.1) is 5.92 Å². The van der Waals surface area contributed by atoms with E-state index < -0.39 is 11.9 Å². The monoisotopic (exact) mass is 256 g/mol. The molecule has 0 aromatic carbocycles. The Morgan fingerprint density at radius 3 is 2.71 bits per heavy atom. The van der Waals surface area contributed by atoms with Gasteiger partial charge in [0.2, 0.25) is 5.91 Å². The summed E-state index contributed by atoms with van der Waals surface area (Å²) in [6.45, 7) is 3.69. The number of anilines is 1. The van der Waals surface area contributed by atoms with Crippen LogP contribution >= 0.6 is 11.3 Å². The fourth-order valence-corrected chi connectivity index (χ4v) is 2.04. The van der Waals surface area contributed by atoms with Gasteiger partial charge in [0, 0.05) is 18.0 Å². The van der Waals surface area contributed by atoms with Crippen molar-refractivity contribution in [3.05, 3.63) is 11.6 Å². The molecule has 1 aromatic rings. The van der Waals surface area contributed by atoms with E-state index in [0.717, 1.165) is 0 Å². The summed E-state index contributed by atoms with van der Waals surface area (Å²) in [7, 11) is 0. The number of carbonyl (C=O) groups excluding carboxylic acids is 1. The molecule has 1 rings (SSSR count). The number of rotatable bonds is 6. The van der Waals surface area contributed by atoms with Gasteiger partial charge in [-0.3, -0.25) is 9.59 Å². The average molecular weight is 256 g/mol. The molecule has 0 radical (unpaired) electrons. The first-order valence-corrected chi connectivity index (χ1v) is 6.30. The van der Waals surface area contributed by atoms with Crippen LogP contribution in [0.5, 0.6) is 0 Å². The van der Waals surface area contributed by atoms with Gasteiger partial charge in [0.15, 0.2) is 5.13 Å². The fraction of sp³-hybridized carbons (Fsp3) is 0.545. The quantitative estimate of drug-likeness (QED) is 0.818. The standard InChI is InChI=1S/C11H16N2O3S/c1-7(2)8(10(15)16)3-4-9(14)13-11-12-5-6-17-11/h5-8H,3-4H2,1-2H3,(H,15,16)(H,12,13,14). The molecule has 17 heavy (non-hydrogen) atoms. The number of aromatic nitrogens is 1. The highest BCUT2D eigenvalue weighted by Crippen LogP contribution is 2.18. The van der Waals surface area contributed by atoms with E-state index in [1.54, 1.807) is 11.6 Å². The summed E-state index contributed by atoms with van der Waals surface area (Å²) >= 11 is 1.34. The van der Waals surface area contributed by atoms with Gasteiger partial charge >= 0.3 is 5.97 Å². The molecule has 1 unspecified atom stereocenters. The van der Waals surface area contributed by atoms with Gasteiger partial charge in [-0.15, -0.1) is 11.3 Å². The Morgan fingerprint density at radius 2 is 2.24 bits per heavy atom. The zero-order chi connectivity index (χ0) is 12.8. The number of nitrogens with one attached hydrogen (secondary N) is 1. The Kier molecular flexibility index (Phi) is 5.09. The molecule has 0 aliphatic rings. The minimum Gasteiger partial charge on any atom is -0.481 e. The second-order valence-electron chi connectivity index (χ2n) is 4.11. The Bertz CT molecular complexity index is 376. The molecule has 1 aromatic heterocycles. The lowest BCUT2D eigenvalue weighted by atomic mass is 9.91. The Hall–Kier alpha value is -1.43. The molecule has 1 heterocycles. The summed E-state index contributed by atoms with van der Waals surface area (Å²) in [4.78, 5) is 26.4. The lowest BCUT2D eigenvalue weighted by Gasteiger charge is -2.15. The van der Waals surface area contributed by atoms with Crippen molar-refractivity contribution in [1.29, 1.82) is 0 Å². The normalized spacial score (nSPS) is 12.4. The molecular formula is C11H16N2O3S. The van der Waals surface area contributed by atoms with E-state index in [9.17, 15) is 9.59 Å². The van der Waals surface area contributed by atoms with Crippen LogP contribution in [-0.2, 0) is 9.59 Å². The van der Waals surface area contributed by atoms with E-state index in [2.05, 4.69) is 10.3 Å². The number of carboxylic acids is 1. The van der Waals surface area contributed by atoms with E-state index in [1.807, 2.05) is 13.8 Å². The highest BCUT2D eigenvalue weighted by atomic mass is 32.1. The molecule has 0 aliphatic heterocycles. The van der Waals surface area contributed by atoms with Crippen LogP contribution in [0.1, 0.15) is 26.7 Å². The highest BCUT2D eigenvalue weighted by Gasteiger charge is 2.22. The first-order chi connectivity index (χ1) is 8.00. The van der Waals surface area contributed by atoms with Gasteiger partial charge in [-0.2, -0.15) is 0 Å². The number of nitrogens with zero attached hydrogens (tertiary/aromatic N) is 1. The van der Waals surface area contributed by atoms with Crippen molar-refractivity contribution in [2.24, 2.45) is 11.8 Å². The SMILES string of the molecule is CC(C)C(CCC(=O)Nc1nccs1)C(=O)O. The molecule has 0 aliphatic carbocycles. The van der Waals surface area contributed by atoms with Crippen molar-refractivity contribution < 1.29 is 14.7 Å². The maximum atomic E-state index is 11.5. The molecule has 6 heteroatoms. The first kappa shape index (κ1) is 13.6. The number of amides is 1. The van der Waals surface area contributed by atoms with E-state index in [-0.39, 0.29) is 18.2 Å². The second-order valence-corrected chi connectivity index (χ2v) is 5.01. The molecule has 0 saturated carbocycles. The molecule has 0 spiro atoms. The number of carbonyl (C=O) groups is 2. The zero-order valence-electron chi connectivity index (χ0n) is 9.84. The zero-order valence-corrected chi connectivity index (χ0v) is 10.7. The van der Waals surface area contributed by atoms with E-state index in [0.29, 0.717) is 11.6 Å². The van der Waals surface area contributed by atoms with Gasteiger partial charge in [-0.05, 0) is 12.3 Å². The molecular weight excluding hydrogens is 240 g/mol. The smallest absolute Gasteiger partial charge is 0.306 e. The van der Waals surface area contributed by atoms with Crippen molar-refractivity contribution in [3.8, 4) is 0 Å². The highest BCUT2D eigenvalue weighted by molar-refractivity contribution is 7.13. The second kappa shape index (κ2) is 6.34. The van der Waals surface area contributed by atoms with Crippen LogP contribution in [0, 0.1) is 11.8 Å². The van der Waals surface area contributed by atoms with E-state index >= 15 is 0 Å². The molecule has 0 fully saturated rings. The topological polar surface area (TPSA) is 79.3 Å². The molecule has 0 bridgehead atoms. The Morgan fingerprint density at radius 1 is 1.53 bits per heavy atom. The van der Waals surface area contributed by atoms with Crippen molar-refractivity contribution >= 4 is 28.3 Å². The van der Waals surface area contributed by atoms with Crippen LogP contribution < -0.4 is 5.32 Å². The van der Waals surface area contributed by atoms with Crippen molar-refractivity contribution in [2.75, 3.05) is 5.32 Å². The van der Waals surface area contributed by atoms with Gasteiger partial charge in [-0.1, -0.05) is 13.8 Å². The van der Waals surface area contributed by atoms with Crippen LogP contribution in [0.15, 0.2) is 11.6 Å². The van der Waals surface area contributed by atoms with Gasteiger partial charge < -0.3 is 10.4 Å². The maximum absolute atomic E-state index is 11.5. The van der Waals surface area contributed by atoms with Crippen LogP contribution in [0.4, 0.5) is 5.13 Å². The summed E-state index contributed by atoms with van der Waals surface area (Å²) in [5.41, 5.74) is 0. The lowest BCUT2D eigenvalue weighted by molar-refractivity contribution is -0.143. The van der Waals surface area contributed by atoms with Gasteiger partial charge in [0.25, 0.3) is 0 Å². The summed E-state index contributed by atoms with van der Waals surface area (Å²) in [5, 5.41) is 13.9. The van der Waals surface area contributed by atoms with E-state index in [4.69, 9.17) is 5.11 Å². The molecule has 1 atom stereocenters. The molecule has 94 valence electrons. The Labute approximate surface area is 104 Å². The number of hydrogen-bond donors (Lipinski definition) is 2. The number of aliphatic carboxylic acids is 1. The van der Waals surface area contributed by atoms with Crippen LogP contribution in [0.25, 0.3) is 0 Å². The summed E-state index contributed by atoms with van der Waals surface area (Å²) < 4.78 is 0. The third-order valence-corrected chi connectivity index (χ3v) is 3.17. The number of hydrogen-bond acceptors (Lipinski definition) is 4. The minimum absolute atomic E-state index is 0.0279. The molecule has 0 saturated heterocycles. The third-order valence-electron chi connectivity index (χ3n) is 2.48. The van der Waals surface area contributed by atoms with E-state index in [1.165, 1.54) is 11.3 Å².